The maximum Gasteiger partial charge on any atom is 0.165 e. The van der Waals surface area contributed by atoms with Crippen LogP contribution < -0.4 is 0 Å². The fourth-order valence-electron chi connectivity index (χ4n) is 17.1. The lowest BCUT2D eigenvalue weighted by Crippen LogP contribution is -2.01. The minimum absolute atomic E-state index is 0.601. The zero-order valence-electron chi connectivity index (χ0n) is 61.5. The third-order valence-corrected chi connectivity index (χ3v) is 24.8. The van der Waals surface area contributed by atoms with Crippen molar-refractivity contribution < 1.29 is 0 Å². The molecule has 0 N–H and O–H groups in total. The molecule has 22 aromatic rings. The lowest BCUT2D eigenvalue weighted by Gasteiger charge is -2.19. The molecule has 0 atom stereocenters. The van der Waals surface area contributed by atoms with Crippen molar-refractivity contribution in [3.8, 4) is 146 Å². The normalized spacial score (nSPS) is 11.7. The Bertz CT molecular complexity index is 7480. The molecule has 18 aromatic carbocycles. The molecule has 6 nitrogen and oxygen atoms in total. The third kappa shape index (κ3) is 11.5. The molecule has 0 bridgehead atoms. The summed E-state index contributed by atoms with van der Waals surface area (Å²) in [7, 11) is 0. The molecule has 0 spiro atoms. The molecule has 8 heteroatoms. The summed E-state index contributed by atoms with van der Waals surface area (Å²) in [5.41, 5.74) is 21.4. The summed E-state index contributed by atoms with van der Waals surface area (Å²) in [5.74, 6) is 3.67. The Kier molecular flexibility index (Phi) is 16.2. The van der Waals surface area contributed by atoms with Crippen LogP contribution in [-0.2, 0) is 0 Å². The number of rotatable bonds is 13. The second-order valence-corrected chi connectivity index (χ2v) is 31.1. The number of benzene rings is 18. The van der Waals surface area contributed by atoms with E-state index in [1.807, 2.05) is 0 Å². The molecule has 0 saturated carbocycles. The van der Waals surface area contributed by atoms with Crippen molar-refractivity contribution in [3.05, 3.63) is 388 Å². The van der Waals surface area contributed by atoms with Crippen LogP contribution >= 0.6 is 22.7 Å². The van der Waals surface area contributed by atoms with E-state index in [-0.39, 0.29) is 0 Å². The molecule has 0 unspecified atom stereocenters. The maximum atomic E-state index is 5.52. The van der Waals surface area contributed by atoms with Gasteiger partial charge in [-0.25, -0.2) is 29.9 Å². The molecule has 0 aliphatic heterocycles. The number of hydrogen-bond acceptors (Lipinski definition) is 8. The molecule has 4 aromatic heterocycles. The van der Waals surface area contributed by atoms with Crippen molar-refractivity contribution in [2.24, 2.45) is 0 Å². The van der Waals surface area contributed by atoms with E-state index in [2.05, 4.69) is 388 Å². The first-order chi connectivity index (χ1) is 56.5. The number of hydrogen-bond donors (Lipinski definition) is 0. The summed E-state index contributed by atoms with van der Waals surface area (Å²) in [6.45, 7) is 0. The van der Waals surface area contributed by atoms with Gasteiger partial charge in [0.05, 0.1) is 0 Å². The molecule has 4 heterocycles. The lowest BCUT2D eigenvalue weighted by molar-refractivity contribution is 1.08. The minimum atomic E-state index is 0.601. The second kappa shape index (κ2) is 27.8. The van der Waals surface area contributed by atoms with Gasteiger partial charge in [-0.2, -0.15) is 0 Å². The zero-order chi connectivity index (χ0) is 75.2. The highest BCUT2D eigenvalue weighted by molar-refractivity contribution is 7.26. The zero-order valence-corrected chi connectivity index (χ0v) is 63.1. The summed E-state index contributed by atoms with van der Waals surface area (Å²) in [6, 6.07) is 139. The highest BCUT2D eigenvalue weighted by Gasteiger charge is 2.25. The fourth-order valence-corrected chi connectivity index (χ4v) is 19.6. The Morgan fingerprint density at radius 3 is 0.860 bits per heavy atom. The monoisotopic (exact) mass is 1480 g/mol. The Morgan fingerprint density at radius 2 is 0.395 bits per heavy atom. The largest absolute Gasteiger partial charge is 0.208 e. The lowest BCUT2D eigenvalue weighted by atomic mass is 9.84. The molecule has 0 saturated heterocycles. The van der Waals surface area contributed by atoms with Gasteiger partial charge in [0, 0.05) is 73.7 Å². The number of aromatic nitrogens is 6. The van der Waals surface area contributed by atoms with E-state index in [4.69, 9.17) is 29.9 Å². The Labute approximate surface area is 665 Å². The average molecular weight is 1490 g/mol. The molecular weight excluding hydrogens is 1420 g/mol. The van der Waals surface area contributed by atoms with Crippen molar-refractivity contribution in [3.63, 3.8) is 0 Å². The first kappa shape index (κ1) is 66.4. The summed E-state index contributed by atoms with van der Waals surface area (Å²) >= 11 is 3.56. The van der Waals surface area contributed by atoms with E-state index in [9.17, 15) is 0 Å². The van der Waals surface area contributed by atoms with Crippen LogP contribution in [0.3, 0.4) is 0 Å². The summed E-state index contributed by atoms with van der Waals surface area (Å²) in [5, 5.41) is 14.2. The Morgan fingerprint density at radius 1 is 0.140 bits per heavy atom. The van der Waals surface area contributed by atoms with E-state index >= 15 is 0 Å². The predicted octanol–water partition coefficient (Wildman–Crippen LogP) is 29.1. The smallest absolute Gasteiger partial charge is 0.165 e. The van der Waals surface area contributed by atoms with Gasteiger partial charge in [0.25, 0.3) is 0 Å². The standard InChI is InChI=1S/C106H64N6S2/c1-3-26-65(27-4-1)73-32-22-34-75(63-73)103-109-104(112-106(111-103)92-51-25-49-89-78-37-18-20-53-94(78)114-100(89)92)90-47-16-15-46-87(90)98-85-44-13-11-42-83(85)96(84-43-12-14-45-86(84)98)69-58-54-66(55-59-69)71-30-21-31-72(62-71)67-56-60-70(61-57-67)101-107-102(110-105(108-101)91-50-24-48-88-77-36-17-19-52-93(77)113-99(88)91)76-35-23-33-74(64-76)97-81-40-9-7-38-79(81)95(68-28-5-2-6-29-68)80-39-8-10-41-82(80)97/h1-64H. The van der Waals surface area contributed by atoms with Crippen LogP contribution in [0.15, 0.2) is 388 Å². The molecule has 0 fully saturated rings. The minimum Gasteiger partial charge on any atom is -0.208 e. The highest BCUT2D eigenvalue weighted by atomic mass is 32.1. The summed E-state index contributed by atoms with van der Waals surface area (Å²) in [6.07, 6.45) is 0. The molecule has 0 aliphatic carbocycles. The van der Waals surface area contributed by atoms with Crippen LogP contribution in [0.4, 0.5) is 0 Å². The first-order valence-electron chi connectivity index (χ1n) is 38.5. The van der Waals surface area contributed by atoms with Gasteiger partial charge in [0.2, 0.25) is 0 Å². The molecule has 0 amide bonds. The van der Waals surface area contributed by atoms with Crippen LogP contribution in [0, 0.1) is 0 Å². The summed E-state index contributed by atoms with van der Waals surface area (Å²) in [4.78, 5) is 32.6. The summed E-state index contributed by atoms with van der Waals surface area (Å²) < 4.78 is 4.74. The van der Waals surface area contributed by atoms with Crippen LogP contribution in [0.2, 0.25) is 0 Å². The molecule has 114 heavy (non-hydrogen) atoms. The average Bonchev–Trinajstić information content (AvgIpc) is 1.02. The Hall–Kier alpha value is -14.5. The van der Waals surface area contributed by atoms with Gasteiger partial charge >= 0.3 is 0 Å². The number of thiophene rings is 2. The first-order valence-corrected chi connectivity index (χ1v) is 40.1. The van der Waals surface area contributed by atoms with Crippen LogP contribution in [0.5, 0.6) is 0 Å². The SMILES string of the molecule is c1ccc(-c2cccc(-c3nc(-c4ccccc4-c4c5ccccc5c(-c5ccc(-c6cccc(-c7ccc(-c8nc(-c9cccc(-c%10c%11ccccc%11c(-c%11ccccc%11)c%11ccccc%10%11)c9)nc(-c9cccc%10c9sc9ccccc9%10)n8)cc7)c6)cc5)c5ccccc45)nc(-c4cccc5c4sc4ccccc45)n3)c2)cc1. The fraction of sp³-hybridized carbons (Fsp3) is 0. The van der Waals surface area contributed by atoms with Crippen molar-refractivity contribution in [2.45, 2.75) is 0 Å². The van der Waals surface area contributed by atoms with Crippen LogP contribution in [-0.4, -0.2) is 29.9 Å². The topological polar surface area (TPSA) is 77.3 Å². The van der Waals surface area contributed by atoms with E-state index in [1.54, 1.807) is 22.7 Å². The van der Waals surface area contributed by atoms with Crippen molar-refractivity contribution in [2.75, 3.05) is 0 Å². The van der Waals surface area contributed by atoms with Gasteiger partial charge in [0.1, 0.15) is 0 Å². The predicted molar refractivity (Wildman–Crippen MR) is 480 cm³/mol. The maximum absolute atomic E-state index is 5.52. The second-order valence-electron chi connectivity index (χ2n) is 29.0. The van der Waals surface area contributed by atoms with Gasteiger partial charge in [-0.05, 0) is 163 Å². The van der Waals surface area contributed by atoms with Crippen LogP contribution in [0.25, 0.3) is 230 Å². The molecule has 0 aliphatic rings. The van der Waals surface area contributed by atoms with Gasteiger partial charge in [-0.15, -0.1) is 22.7 Å². The van der Waals surface area contributed by atoms with Crippen LogP contribution in [0.1, 0.15) is 0 Å². The van der Waals surface area contributed by atoms with Gasteiger partial charge in [0.15, 0.2) is 34.9 Å². The van der Waals surface area contributed by atoms with E-state index in [0.29, 0.717) is 34.9 Å². The molecule has 530 valence electrons. The van der Waals surface area contributed by atoms with E-state index in [1.165, 1.54) is 74.7 Å². The van der Waals surface area contributed by atoms with E-state index < -0.39 is 0 Å². The quantitative estimate of drug-likeness (QED) is 0.107. The molecule has 0 radical (unpaired) electrons. The van der Waals surface area contributed by atoms with Gasteiger partial charge in [-0.3, -0.25) is 0 Å². The Balaban J connectivity index is 0.611. The third-order valence-electron chi connectivity index (χ3n) is 22.4. The van der Waals surface area contributed by atoms with Crippen molar-refractivity contribution in [1.82, 2.24) is 29.9 Å². The van der Waals surface area contributed by atoms with Gasteiger partial charge < -0.3 is 0 Å². The highest BCUT2D eigenvalue weighted by Crippen LogP contribution is 2.50. The molecule has 22 rings (SSSR count). The van der Waals surface area contributed by atoms with Crippen molar-refractivity contribution >= 4 is 106 Å². The number of fused-ring (bicyclic) bond motifs is 10. The van der Waals surface area contributed by atoms with Gasteiger partial charge in [-0.1, -0.05) is 346 Å². The molecular formula is C106H64N6S2. The van der Waals surface area contributed by atoms with Crippen molar-refractivity contribution in [1.29, 1.82) is 0 Å². The number of nitrogens with zero attached hydrogens (tertiary/aromatic N) is 6. The van der Waals surface area contributed by atoms with E-state index in [0.717, 1.165) is 120 Å².